The van der Waals surface area contributed by atoms with Gasteiger partial charge >= 0.3 is 0 Å². The highest BCUT2D eigenvalue weighted by atomic mass is 35.5. The number of amides is 2. The summed E-state index contributed by atoms with van der Waals surface area (Å²) in [5, 5.41) is 6.07. The summed E-state index contributed by atoms with van der Waals surface area (Å²) in [5.74, 6) is -0.313. The van der Waals surface area contributed by atoms with E-state index in [1.165, 1.54) is 11.8 Å². The lowest BCUT2D eigenvalue weighted by Gasteiger charge is -2.21. The monoisotopic (exact) mass is 360 g/mol. The quantitative estimate of drug-likeness (QED) is 0.820. The van der Waals surface area contributed by atoms with Crippen LogP contribution in [0.2, 0.25) is 5.02 Å². The fraction of sp³-hybridized carbons (Fsp3) is 0.222. The molecule has 24 heavy (non-hydrogen) atoms. The van der Waals surface area contributed by atoms with Crippen molar-refractivity contribution < 1.29 is 9.59 Å². The van der Waals surface area contributed by atoms with Crippen LogP contribution < -0.4 is 10.6 Å². The van der Waals surface area contributed by atoms with E-state index in [0.717, 1.165) is 16.0 Å². The van der Waals surface area contributed by atoms with Gasteiger partial charge in [-0.25, -0.2) is 0 Å². The second-order valence-electron chi connectivity index (χ2n) is 5.85. The highest BCUT2D eigenvalue weighted by Crippen LogP contribution is 2.36. The number of carbonyl (C=O) groups is 2. The Hall–Kier alpha value is -1.98. The molecule has 124 valence electrons. The van der Waals surface area contributed by atoms with Crippen molar-refractivity contribution >= 4 is 46.6 Å². The Morgan fingerprint density at radius 3 is 2.71 bits per heavy atom. The number of benzene rings is 2. The number of thioether (sulfide) groups is 1. The van der Waals surface area contributed by atoms with Gasteiger partial charge in [0.1, 0.15) is 0 Å². The van der Waals surface area contributed by atoms with Crippen molar-refractivity contribution in [2.45, 2.75) is 30.9 Å². The summed E-state index contributed by atoms with van der Waals surface area (Å²) < 4.78 is 0. The first-order chi connectivity index (χ1) is 11.3. The van der Waals surface area contributed by atoms with Crippen LogP contribution in [0.5, 0.6) is 0 Å². The second-order valence-corrected chi connectivity index (χ2v) is 7.64. The molecule has 2 amide bonds. The first-order valence-corrected chi connectivity index (χ1v) is 8.80. The number of fused-ring (bicyclic) bond motifs is 1. The molecule has 0 fully saturated rings. The molecule has 6 heteroatoms. The summed E-state index contributed by atoms with van der Waals surface area (Å²) in [5.41, 5.74) is 3.70. The molecule has 0 bridgehead atoms. The lowest BCUT2D eigenvalue weighted by molar-refractivity contribution is -0.115. The summed E-state index contributed by atoms with van der Waals surface area (Å²) in [6, 6.07) is 9.08. The normalized spacial score (nSPS) is 16.3. The van der Waals surface area contributed by atoms with E-state index >= 15 is 0 Å². The highest BCUT2D eigenvalue weighted by Gasteiger charge is 2.24. The predicted octanol–water partition coefficient (Wildman–Crippen LogP) is 4.64. The van der Waals surface area contributed by atoms with Crippen molar-refractivity contribution in [3.05, 3.63) is 52.0 Å². The smallest absolute Gasteiger partial charge is 0.255 e. The van der Waals surface area contributed by atoms with Crippen LogP contribution in [0, 0.1) is 13.8 Å². The molecule has 3 rings (SSSR count). The van der Waals surface area contributed by atoms with Crippen LogP contribution in [0.4, 0.5) is 11.4 Å². The molecule has 0 spiro atoms. The average Bonchev–Trinajstić information content (AvgIpc) is 2.51. The number of hydrogen-bond acceptors (Lipinski definition) is 3. The van der Waals surface area contributed by atoms with Crippen LogP contribution in [-0.4, -0.2) is 17.1 Å². The van der Waals surface area contributed by atoms with E-state index in [0.29, 0.717) is 22.0 Å². The maximum Gasteiger partial charge on any atom is 0.255 e. The molecule has 1 heterocycles. The Labute approximate surface area is 150 Å². The Bertz CT molecular complexity index is 828. The molecular weight excluding hydrogens is 344 g/mol. The van der Waals surface area contributed by atoms with Gasteiger partial charge in [0.15, 0.2) is 0 Å². The van der Waals surface area contributed by atoms with E-state index in [-0.39, 0.29) is 17.1 Å². The zero-order chi connectivity index (χ0) is 17.4. The van der Waals surface area contributed by atoms with Gasteiger partial charge in [0.25, 0.3) is 5.91 Å². The number of halogens is 1. The number of nitrogens with one attached hydrogen (secondary N) is 2. The Balaban J connectivity index is 1.87. The molecule has 2 aromatic rings. The molecule has 2 N–H and O–H groups in total. The number of hydrogen-bond donors (Lipinski definition) is 2. The molecule has 0 saturated heterocycles. The first-order valence-electron chi connectivity index (χ1n) is 7.55. The highest BCUT2D eigenvalue weighted by molar-refractivity contribution is 8.00. The molecule has 4 nitrogen and oxygen atoms in total. The molecule has 0 aliphatic carbocycles. The summed E-state index contributed by atoms with van der Waals surface area (Å²) in [4.78, 5) is 25.3. The van der Waals surface area contributed by atoms with E-state index in [2.05, 4.69) is 10.6 Å². The molecule has 1 aliphatic rings. The van der Waals surface area contributed by atoms with Crippen LogP contribution in [0.15, 0.2) is 35.2 Å². The van der Waals surface area contributed by atoms with Gasteiger partial charge < -0.3 is 10.6 Å². The SMILES string of the molecule is Cc1cc(C)c(NC(=O)c2ccc3c(c2)NC(=O)[C@@H](C)S3)c(Cl)c1. The molecule has 1 atom stereocenters. The molecule has 0 aromatic heterocycles. The van der Waals surface area contributed by atoms with Gasteiger partial charge in [0.05, 0.1) is 21.6 Å². The zero-order valence-electron chi connectivity index (χ0n) is 13.6. The maximum absolute atomic E-state index is 12.5. The fourth-order valence-electron chi connectivity index (χ4n) is 2.61. The van der Waals surface area contributed by atoms with Gasteiger partial charge in [-0.1, -0.05) is 17.7 Å². The van der Waals surface area contributed by atoms with E-state index in [1.54, 1.807) is 12.1 Å². The molecule has 0 saturated carbocycles. The zero-order valence-corrected chi connectivity index (χ0v) is 15.1. The van der Waals surface area contributed by atoms with Crippen molar-refractivity contribution in [3.63, 3.8) is 0 Å². The van der Waals surface area contributed by atoms with Crippen LogP contribution in [-0.2, 0) is 4.79 Å². The Morgan fingerprint density at radius 1 is 1.25 bits per heavy atom. The van der Waals surface area contributed by atoms with Gasteiger partial charge in [0.2, 0.25) is 5.91 Å². The molecule has 0 radical (unpaired) electrons. The minimum Gasteiger partial charge on any atom is -0.324 e. The minimum atomic E-state index is -0.260. The molecule has 0 unspecified atom stereocenters. The number of rotatable bonds is 2. The van der Waals surface area contributed by atoms with Crippen molar-refractivity contribution in [3.8, 4) is 0 Å². The molecule has 1 aliphatic heterocycles. The van der Waals surface area contributed by atoms with Crippen molar-refractivity contribution in [2.75, 3.05) is 10.6 Å². The van der Waals surface area contributed by atoms with Crippen molar-refractivity contribution in [2.24, 2.45) is 0 Å². The van der Waals surface area contributed by atoms with Gasteiger partial charge in [-0.2, -0.15) is 0 Å². The minimum absolute atomic E-state index is 0.0533. The topological polar surface area (TPSA) is 58.2 Å². The molecular formula is C18H17ClN2O2S. The number of carbonyl (C=O) groups excluding carboxylic acids is 2. The largest absolute Gasteiger partial charge is 0.324 e. The van der Waals surface area contributed by atoms with Crippen LogP contribution in [0.3, 0.4) is 0 Å². The fourth-order valence-corrected chi connectivity index (χ4v) is 3.91. The van der Waals surface area contributed by atoms with Gasteiger partial charge in [-0.15, -0.1) is 11.8 Å². The first kappa shape index (κ1) is 16.9. The van der Waals surface area contributed by atoms with E-state index in [9.17, 15) is 9.59 Å². The van der Waals surface area contributed by atoms with Crippen LogP contribution >= 0.6 is 23.4 Å². The molecule has 2 aromatic carbocycles. The van der Waals surface area contributed by atoms with Gasteiger partial charge in [-0.05, 0) is 56.2 Å². The summed E-state index contributed by atoms with van der Waals surface area (Å²) >= 11 is 7.73. The van der Waals surface area contributed by atoms with E-state index in [4.69, 9.17) is 11.6 Å². The van der Waals surface area contributed by atoms with Crippen molar-refractivity contribution in [1.29, 1.82) is 0 Å². The van der Waals surface area contributed by atoms with Gasteiger partial charge in [-0.3, -0.25) is 9.59 Å². The van der Waals surface area contributed by atoms with E-state index in [1.807, 2.05) is 39.0 Å². The third-order valence-electron chi connectivity index (χ3n) is 3.84. The van der Waals surface area contributed by atoms with E-state index < -0.39 is 0 Å². The average molecular weight is 361 g/mol. The second kappa shape index (κ2) is 6.49. The summed E-state index contributed by atoms with van der Waals surface area (Å²) in [6.07, 6.45) is 0. The van der Waals surface area contributed by atoms with Gasteiger partial charge in [0, 0.05) is 10.5 Å². The maximum atomic E-state index is 12.5. The number of aryl methyl sites for hydroxylation is 2. The third kappa shape index (κ3) is 3.28. The standard InChI is InChI=1S/C18H17ClN2O2S/c1-9-6-10(2)16(13(19)7-9)21-18(23)12-4-5-15-14(8-12)20-17(22)11(3)24-15/h4-8,11H,1-3H3,(H,20,22)(H,21,23)/t11-/m1/s1. The lowest BCUT2D eigenvalue weighted by atomic mass is 10.1. The number of anilines is 2. The Morgan fingerprint density at radius 2 is 2.00 bits per heavy atom. The summed E-state index contributed by atoms with van der Waals surface area (Å²) in [6.45, 7) is 5.71. The third-order valence-corrected chi connectivity index (χ3v) is 5.32. The predicted molar refractivity (Wildman–Crippen MR) is 99.3 cm³/mol. The van der Waals surface area contributed by atoms with Crippen molar-refractivity contribution in [1.82, 2.24) is 0 Å². The Kier molecular flexibility index (Phi) is 4.56. The van der Waals surface area contributed by atoms with Crippen LogP contribution in [0.1, 0.15) is 28.4 Å². The summed E-state index contributed by atoms with van der Waals surface area (Å²) in [7, 11) is 0. The van der Waals surface area contributed by atoms with Crippen LogP contribution in [0.25, 0.3) is 0 Å². The lowest BCUT2D eigenvalue weighted by Crippen LogP contribution is -2.26.